The average molecular weight is 472 g/mol. The first kappa shape index (κ1) is 21.8. The Hall–Kier alpha value is -3.68. The van der Waals surface area contributed by atoms with Crippen LogP contribution in [0.5, 0.6) is 5.75 Å². The van der Waals surface area contributed by atoms with Crippen molar-refractivity contribution in [3.05, 3.63) is 60.1 Å². The number of aromatic nitrogens is 4. The van der Waals surface area contributed by atoms with Crippen LogP contribution in [-0.4, -0.2) is 49.9 Å². The van der Waals surface area contributed by atoms with Crippen LogP contribution in [0.1, 0.15) is 60.8 Å². The number of rotatable bonds is 5. The molecule has 2 aliphatic rings. The molecule has 35 heavy (non-hydrogen) atoms. The van der Waals surface area contributed by atoms with Gasteiger partial charge in [0.2, 0.25) is 11.7 Å². The Labute approximate surface area is 203 Å². The maximum atomic E-state index is 13.2. The lowest BCUT2D eigenvalue weighted by atomic mass is 9.89. The summed E-state index contributed by atoms with van der Waals surface area (Å²) in [6.07, 6.45) is 6.76. The zero-order valence-corrected chi connectivity index (χ0v) is 19.9. The normalized spacial score (nSPS) is 18.9. The Morgan fingerprint density at radius 2 is 1.83 bits per heavy atom. The fourth-order valence-electron chi connectivity index (χ4n) is 5.27. The molecule has 8 nitrogen and oxygen atoms in total. The maximum Gasteiger partial charge on any atom is 0.275 e. The molecule has 2 aromatic heterocycles. The summed E-state index contributed by atoms with van der Waals surface area (Å²) in [7, 11) is 1.87. The molecule has 2 fully saturated rings. The average Bonchev–Trinajstić information content (AvgIpc) is 3.65. The van der Waals surface area contributed by atoms with Gasteiger partial charge in [0.15, 0.2) is 5.69 Å². The zero-order chi connectivity index (χ0) is 23.8. The molecule has 0 radical (unpaired) electrons. The van der Waals surface area contributed by atoms with Crippen LogP contribution in [0.4, 0.5) is 0 Å². The van der Waals surface area contributed by atoms with E-state index < -0.39 is 0 Å². The van der Waals surface area contributed by atoms with Crippen LogP contribution in [0.25, 0.3) is 22.3 Å². The van der Waals surface area contributed by atoms with E-state index in [2.05, 4.69) is 15.2 Å². The molecule has 8 heteroatoms. The highest BCUT2D eigenvalue weighted by atomic mass is 16.5. The number of carbonyl (C=O) groups is 1. The fourth-order valence-corrected chi connectivity index (χ4v) is 5.27. The second-order valence-electron chi connectivity index (χ2n) is 9.58. The highest BCUT2D eigenvalue weighted by Crippen LogP contribution is 2.33. The van der Waals surface area contributed by atoms with Gasteiger partial charge in [0.25, 0.3) is 5.91 Å². The molecule has 1 atom stereocenters. The van der Waals surface area contributed by atoms with E-state index >= 15 is 0 Å². The first-order valence-electron chi connectivity index (χ1n) is 12.5. The number of fused-ring (bicyclic) bond motifs is 1. The number of benzene rings is 2. The third-order valence-electron chi connectivity index (χ3n) is 7.20. The summed E-state index contributed by atoms with van der Waals surface area (Å²) < 4.78 is 13.5. The Morgan fingerprint density at radius 3 is 2.66 bits per heavy atom. The largest absolute Gasteiger partial charge is 0.489 e. The monoisotopic (exact) mass is 471 g/mol. The molecule has 2 aromatic carbocycles. The van der Waals surface area contributed by atoms with E-state index in [1.807, 2.05) is 60.5 Å². The van der Waals surface area contributed by atoms with E-state index in [-0.39, 0.29) is 12.0 Å². The summed E-state index contributed by atoms with van der Waals surface area (Å²) in [5.74, 6) is 2.50. The van der Waals surface area contributed by atoms with Crippen molar-refractivity contribution in [2.75, 3.05) is 13.1 Å². The van der Waals surface area contributed by atoms with Crippen molar-refractivity contribution in [1.29, 1.82) is 0 Å². The van der Waals surface area contributed by atoms with E-state index in [1.54, 1.807) is 4.68 Å². The van der Waals surface area contributed by atoms with Crippen LogP contribution < -0.4 is 4.74 Å². The van der Waals surface area contributed by atoms with Gasteiger partial charge in [0.05, 0.1) is 12.1 Å². The third kappa shape index (κ3) is 4.29. The van der Waals surface area contributed by atoms with Gasteiger partial charge in [-0.05, 0) is 43.2 Å². The molecular formula is C27H29N5O3. The molecule has 4 aromatic rings. The second kappa shape index (κ2) is 9.17. The standard InChI is InChI=1S/C27H29N5O3/c1-31-23-10-6-5-9-22(23)24(29-31)27(33)32-16-15-21(17-32)34-20-13-11-18(12-14-20)25-28-26(35-30-25)19-7-3-2-4-8-19/h5-6,9-14,19,21H,2-4,7-8,15-17H2,1H3/t21-/m0/s1. The number of aryl methyl sites for hydroxylation is 1. The molecule has 0 unspecified atom stereocenters. The van der Waals surface area contributed by atoms with E-state index in [9.17, 15) is 4.79 Å². The molecule has 1 aliphatic carbocycles. The van der Waals surface area contributed by atoms with Gasteiger partial charge >= 0.3 is 0 Å². The highest BCUT2D eigenvalue weighted by Gasteiger charge is 2.31. The molecule has 180 valence electrons. The molecule has 3 heterocycles. The Bertz CT molecular complexity index is 1340. The minimum Gasteiger partial charge on any atom is -0.489 e. The zero-order valence-electron chi connectivity index (χ0n) is 19.9. The Morgan fingerprint density at radius 1 is 1.03 bits per heavy atom. The van der Waals surface area contributed by atoms with Crippen molar-refractivity contribution < 1.29 is 14.1 Å². The molecule has 1 saturated heterocycles. The smallest absolute Gasteiger partial charge is 0.275 e. The van der Waals surface area contributed by atoms with E-state index in [0.29, 0.717) is 30.5 Å². The lowest BCUT2D eigenvalue weighted by molar-refractivity contribution is 0.0767. The first-order chi connectivity index (χ1) is 17.2. The van der Waals surface area contributed by atoms with Gasteiger partial charge in [-0.2, -0.15) is 10.1 Å². The minimum atomic E-state index is -0.0529. The summed E-state index contributed by atoms with van der Waals surface area (Å²) in [4.78, 5) is 19.6. The van der Waals surface area contributed by atoms with E-state index in [0.717, 1.165) is 47.4 Å². The summed E-state index contributed by atoms with van der Waals surface area (Å²) >= 11 is 0. The van der Waals surface area contributed by atoms with Crippen LogP contribution in [0.15, 0.2) is 53.1 Å². The molecule has 0 spiro atoms. The van der Waals surface area contributed by atoms with Crippen molar-refractivity contribution in [3.8, 4) is 17.1 Å². The Balaban J connectivity index is 1.09. The predicted molar refractivity (Wildman–Crippen MR) is 131 cm³/mol. The van der Waals surface area contributed by atoms with E-state index in [4.69, 9.17) is 9.26 Å². The summed E-state index contributed by atoms with van der Waals surface area (Å²) in [5, 5.41) is 9.56. The number of amides is 1. The predicted octanol–water partition coefficient (Wildman–Crippen LogP) is 4.96. The van der Waals surface area contributed by atoms with Gasteiger partial charge in [0.1, 0.15) is 11.9 Å². The maximum absolute atomic E-state index is 13.2. The van der Waals surface area contributed by atoms with Crippen LogP contribution in [0.2, 0.25) is 0 Å². The second-order valence-corrected chi connectivity index (χ2v) is 9.58. The minimum absolute atomic E-state index is 0.0471. The lowest BCUT2D eigenvalue weighted by Gasteiger charge is -2.17. The van der Waals surface area contributed by atoms with E-state index in [1.165, 1.54) is 19.3 Å². The molecule has 1 saturated carbocycles. The van der Waals surface area contributed by atoms with Crippen LogP contribution in [0, 0.1) is 0 Å². The van der Waals surface area contributed by atoms with Crippen LogP contribution in [0.3, 0.4) is 0 Å². The topological polar surface area (TPSA) is 86.3 Å². The van der Waals surface area contributed by atoms with Gasteiger partial charge in [-0.25, -0.2) is 0 Å². The van der Waals surface area contributed by atoms with Crippen molar-refractivity contribution in [3.63, 3.8) is 0 Å². The fraction of sp³-hybridized carbons (Fsp3) is 0.407. The molecule has 1 amide bonds. The number of carbonyl (C=O) groups excluding carboxylic acids is 1. The van der Waals surface area contributed by atoms with Crippen LogP contribution in [-0.2, 0) is 7.05 Å². The number of ether oxygens (including phenoxy) is 1. The van der Waals surface area contributed by atoms with Gasteiger partial charge in [0, 0.05) is 36.9 Å². The Kier molecular flexibility index (Phi) is 5.72. The van der Waals surface area contributed by atoms with Crippen molar-refractivity contribution >= 4 is 16.8 Å². The number of nitrogens with zero attached hydrogens (tertiary/aromatic N) is 5. The van der Waals surface area contributed by atoms with Gasteiger partial charge < -0.3 is 14.2 Å². The quantitative estimate of drug-likeness (QED) is 0.409. The number of hydrogen-bond acceptors (Lipinski definition) is 6. The summed E-state index contributed by atoms with van der Waals surface area (Å²) in [6.45, 7) is 1.19. The number of likely N-dealkylation sites (tertiary alicyclic amines) is 1. The van der Waals surface area contributed by atoms with Crippen LogP contribution >= 0.6 is 0 Å². The molecule has 6 rings (SSSR count). The SMILES string of the molecule is Cn1nc(C(=O)N2CC[C@H](Oc3ccc(-c4noc(C5CCCCC5)n4)cc3)C2)c2ccccc21. The van der Waals surface area contributed by atoms with Crippen molar-refractivity contribution in [1.82, 2.24) is 24.8 Å². The molecule has 0 N–H and O–H groups in total. The summed E-state index contributed by atoms with van der Waals surface area (Å²) in [5.41, 5.74) is 2.37. The molecule has 0 bridgehead atoms. The van der Waals surface area contributed by atoms with Crippen molar-refractivity contribution in [2.45, 2.75) is 50.5 Å². The molecule has 1 aliphatic heterocycles. The van der Waals surface area contributed by atoms with Gasteiger partial charge in [-0.1, -0.05) is 42.6 Å². The molecular weight excluding hydrogens is 442 g/mol. The van der Waals surface area contributed by atoms with Crippen molar-refractivity contribution in [2.24, 2.45) is 7.05 Å². The summed E-state index contributed by atoms with van der Waals surface area (Å²) in [6, 6.07) is 15.6. The highest BCUT2D eigenvalue weighted by molar-refractivity contribution is 6.04. The first-order valence-corrected chi connectivity index (χ1v) is 12.5. The van der Waals surface area contributed by atoms with Gasteiger partial charge in [-0.15, -0.1) is 0 Å². The third-order valence-corrected chi connectivity index (χ3v) is 7.20. The van der Waals surface area contributed by atoms with Gasteiger partial charge in [-0.3, -0.25) is 9.48 Å². The lowest BCUT2D eigenvalue weighted by Crippen LogP contribution is -2.31. The number of hydrogen-bond donors (Lipinski definition) is 0. The number of para-hydroxylation sites is 1.